The van der Waals surface area contributed by atoms with Gasteiger partial charge in [-0.05, 0) is 6.07 Å². The highest BCUT2D eigenvalue weighted by atomic mass is 35.5. The molecule has 0 aliphatic heterocycles. The van der Waals surface area contributed by atoms with Crippen LogP contribution >= 0.6 is 12.4 Å². The first-order valence-corrected chi connectivity index (χ1v) is 3.34. The van der Waals surface area contributed by atoms with Gasteiger partial charge in [-0.25, -0.2) is 0 Å². The molecule has 74 valence electrons. The molecule has 0 radical (unpaired) electrons. The highest BCUT2D eigenvalue weighted by Crippen LogP contribution is 2.20. The standard InChI is InChI=1S/C7H6N4O2.ClH/c8-4-5-3-6(11(12)13)1-2-7(5)10-9;/h1-3,10H,9H2;1H. The number of hydrogen-bond acceptors (Lipinski definition) is 5. The molecule has 7 heteroatoms. The van der Waals surface area contributed by atoms with E-state index in [1.165, 1.54) is 12.1 Å². The number of rotatable bonds is 2. The molecule has 0 aliphatic carbocycles. The molecule has 0 aromatic heterocycles. The smallest absolute Gasteiger partial charge is 0.270 e. The average Bonchev–Trinajstić information content (AvgIpc) is 2.16. The number of nitriles is 1. The van der Waals surface area contributed by atoms with Crippen LogP contribution in [-0.2, 0) is 0 Å². The molecule has 14 heavy (non-hydrogen) atoms. The molecule has 0 bridgehead atoms. The number of nitro groups is 1. The molecule has 0 atom stereocenters. The van der Waals surface area contributed by atoms with Crippen molar-refractivity contribution in [2.75, 3.05) is 5.43 Å². The van der Waals surface area contributed by atoms with Crippen LogP contribution in [0.5, 0.6) is 0 Å². The van der Waals surface area contributed by atoms with E-state index in [4.69, 9.17) is 11.1 Å². The van der Waals surface area contributed by atoms with Gasteiger partial charge in [0.05, 0.1) is 16.2 Å². The Kier molecular flexibility index (Phi) is 4.35. The number of benzene rings is 1. The molecule has 0 saturated carbocycles. The Morgan fingerprint density at radius 3 is 2.64 bits per heavy atom. The van der Waals surface area contributed by atoms with Gasteiger partial charge >= 0.3 is 0 Å². The topological polar surface area (TPSA) is 105 Å². The third kappa shape index (κ3) is 2.32. The van der Waals surface area contributed by atoms with Crippen molar-refractivity contribution >= 4 is 23.8 Å². The van der Waals surface area contributed by atoms with Crippen LogP contribution in [0, 0.1) is 21.4 Å². The third-order valence-electron chi connectivity index (χ3n) is 1.49. The van der Waals surface area contributed by atoms with E-state index in [1.807, 2.05) is 0 Å². The molecule has 1 aromatic rings. The molecule has 0 amide bonds. The minimum Gasteiger partial charge on any atom is -0.323 e. The minimum absolute atomic E-state index is 0. The number of nitrogens with zero attached hydrogens (tertiary/aromatic N) is 2. The average molecular weight is 215 g/mol. The Balaban J connectivity index is 0.00000169. The van der Waals surface area contributed by atoms with Crippen LogP contribution in [-0.4, -0.2) is 4.92 Å². The molecule has 6 nitrogen and oxygen atoms in total. The first kappa shape index (κ1) is 12.2. The monoisotopic (exact) mass is 214 g/mol. The van der Waals surface area contributed by atoms with Crippen LogP contribution in [0.2, 0.25) is 0 Å². The number of nitrogen functional groups attached to an aromatic ring is 1. The largest absolute Gasteiger partial charge is 0.323 e. The van der Waals surface area contributed by atoms with E-state index >= 15 is 0 Å². The second kappa shape index (κ2) is 5.01. The summed E-state index contributed by atoms with van der Waals surface area (Å²) in [6, 6.07) is 5.62. The van der Waals surface area contributed by atoms with E-state index in [2.05, 4.69) is 5.43 Å². The maximum absolute atomic E-state index is 10.3. The summed E-state index contributed by atoms with van der Waals surface area (Å²) in [5.74, 6) is 5.08. The molecular formula is C7H7ClN4O2. The predicted octanol–water partition coefficient (Wildman–Crippen LogP) is 1.17. The maximum Gasteiger partial charge on any atom is 0.270 e. The van der Waals surface area contributed by atoms with E-state index in [0.717, 1.165) is 6.07 Å². The molecule has 0 aliphatic rings. The summed E-state index contributed by atoms with van der Waals surface area (Å²) in [6.45, 7) is 0. The number of non-ortho nitro benzene ring substituents is 1. The van der Waals surface area contributed by atoms with Crippen LogP contribution in [0.3, 0.4) is 0 Å². The van der Waals surface area contributed by atoms with Crippen molar-refractivity contribution in [2.24, 2.45) is 5.84 Å². The van der Waals surface area contributed by atoms with Crippen molar-refractivity contribution in [2.45, 2.75) is 0 Å². The summed E-state index contributed by atoms with van der Waals surface area (Å²) in [5.41, 5.74) is 2.66. The van der Waals surface area contributed by atoms with Crippen molar-refractivity contribution in [3.8, 4) is 6.07 Å². The van der Waals surface area contributed by atoms with Gasteiger partial charge in [-0.2, -0.15) is 5.26 Å². The van der Waals surface area contributed by atoms with Crippen molar-refractivity contribution in [1.29, 1.82) is 5.26 Å². The summed E-state index contributed by atoms with van der Waals surface area (Å²) in [4.78, 5) is 9.74. The normalized spacial score (nSPS) is 8.29. The van der Waals surface area contributed by atoms with Crippen LogP contribution in [0.4, 0.5) is 11.4 Å². The van der Waals surface area contributed by atoms with Crippen molar-refractivity contribution in [1.82, 2.24) is 0 Å². The Hall–Kier alpha value is -1.84. The summed E-state index contributed by atoms with van der Waals surface area (Å²) in [6.07, 6.45) is 0. The zero-order valence-corrected chi connectivity index (χ0v) is 7.75. The maximum atomic E-state index is 10.3. The van der Waals surface area contributed by atoms with Gasteiger partial charge in [0.25, 0.3) is 5.69 Å². The molecule has 0 unspecified atom stereocenters. The fourth-order valence-corrected chi connectivity index (χ4v) is 0.864. The van der Waals surface area contributed by atoms with Crippen molar-refractivity contribution in [3.05, 3.63) is 33.9 Å². The number of nitrogens with one attached hydrogen (secondary N) is 1. The van der Waals surface area contributed by atoms with E-state index in [-0.39, 0.29) is 23.7 Å². The molecule has 0 fully saturated rings. The van der Waals surface area contributed by atoms with Gasteiger partial charge in [0.15, 0.2) is 0 Å². The van der Waals surface area contributed by atoms with Gasteiger partial charge in [0.1, 0.15) is 6.07 Å². The summed E-state index contributed by atoms with van der Waals surface area (Å²) in [7, 11) is 0. The molecule has 1 aromatic carbocycles. The second-order valence-electron chi connectivity index (χ2n) is 2.24. The third-order valence-corrected chi connectivity index (χ3v) is 1.49. The van der Waals surface area contributed by atoms with E-state index < -0.39 is 4.92 Å². The van der Waals surface area contributed by atoms with Crippen LogP contribution in [0.15, 0.2) is 18.2 Å². The van der Waals surface area contributed by atoms with E-state index in [0.29, 0.717) is 5.69 Å². The SMILES string of the molecule is Cl.N#Cc1cc([N+](=O)[O-])ccc1NN. The number of nitrogens with two attached hydrogens (primary N) is 1. The zero-order valence-electron chi connectivity index (χ0n) is 6.93. The van der Waals surface area contributed by atoms with Crippen LogP contribution in [0.25, 0.3) is 0 Å². The van der Waals surface area contributed by atoms with Gasteiger partial charge in [-0.1, -0.05) is 0 Å². The zero-order chi connectivity index (χ0) is 9.84. The van der Waals surface area contributed by atoms with Gasteiger partial charge in [-0.3, -0.25) is 16.0 Å². The highest BCUT2D eigenvalue weighted by Gasteiger charge is 2.09. The van der Waals surface area contributed by atoms with Crippen LogP contribution in [0.1, 0.15) is 5.56 Å². The first-order valence-electron chi connectivity index (χ1n) is 3.34. The lowest BCUT2D eigenvalue weighted by Gasteiger charge is -2.00. The summed E-state index contributed by atoms with van der Waals surface area (Å²) < 4.78 is 0. The minimum atomic E-state index is -0.568. The lowest BCUT2D eigenvalue weighted by molar-refractivity contribution is -0.384. The molecule has 0 spiro atoms. The molecule has 0 heterocycles. The molecule has 0 saturated heterocycles. The van der Waals surface area contributed by atoms with Gasteiger partial charge < -0.3 is 5.43 Å². The van der Waals surface area contributed by atoms with Gasteiger partial charge in [0.2, 0.25) is 0 Å². The Labute approximate surface area is 85.9 Å². The fourth-order valence-electron chi connectivity index (χ4n) is 0.864. The second-order valence-corrected chi connectivity index (χ2v) is 2.24. The number of hydrogen-bond donors (Lipinski definition) is 2. The number of anilines is 1. The highest BCUT2D eigenvalue weighted by molar-refractivity contribution is 5.85. The first-order chi connectivity index (χ1) is 6.19. The molecule has 3 N–H and O–H groups in total. The molecule has 1 rings (SSSR count). The quantitative estimate of drug-likeness (QED) is 0.437. The summed E-state index contributed by atoms with van der Waals surface area (Å²) >= 11 is 0. The Bertz CT molecular complexity index is 388. The summed E-state index contributed by atoms with van der Waals surface area (Å²) in [5, 5.41) is 18.9. The number of hydrazine groups is 1. The Morgan fingerprint density at radius 2 is 2.21 bits per heavy atom. The molecular weight excluding hydrogens is 208 g/mol. The fraction of sp³-hybridized carbons (Fsp3) is 0. The van der Waals surface area contributed by atoms with Crippen LogP contribution < -0.4 is 11.3 Å². The Morgan fingerprint density at radius 1 is 1.57 bits per heavy atom. The van der Waals surface area contributed by atoms with Crippen molar-refractivity contribution < 1.29 is 4.92 Å². The van der Waals surface area contributed by atoms with Gasteiger partial charge in [0, 0.05) is 12.1 Å². The van der Waals surface area contributed by atoms with Crippen molar-refractivity contribution in [3.63, 3.8) is 0 Å². The lowest BCUT2D eigenvalue weighted by Crippen LogP contribution is -2.08. The van der Waals surface area contributed by atoms with E-state index in [9.17, 15) is 10.1 Å². The lowest BCUT2D eigenvalue weighted by atomic mass is 10.2. The van der Waals surface area contributed by atoms with Gasteiger partial charge in [-0.15, -0.1) is 12.4 Å². The number of halogens is 1. The number of nitro benzene ring substituents is 1. The van der Waals surface area contributed by atoms with E-state index in [1.54, 1.807) is 6.07 Å². The predicted molar refractivity (Wildman–Crippen MR) is 52.9 cm³/mol.